The number of carbonyl (C=O) groups excluding carboxylic acids is 3. The fourth-order valence-corrected chi connectivity index (χ4v) is 10.2. The van der Waals surface area contributed by atoms with Gasteiger partial charge in [0.2, 0.25) is 5.76 Å². The Labute approximate surface area is 345 Å². The zero-order valence-corrected chi connectivity index (χ0v) is 34.7. The molecule has 2 aromatic rings. The first-order valence-corrected chi connectivity index (χ1v) is 21.7. The van der Waals surface area contributed by atoms with Crippen molar-refractivity contribution < 1.29 is 48.3 Å². The highest BCUT2D eigenvalue weighted by Crippen LogP contribution is 2.57. The van der Waals surface area contributed by atoms with Crippen molar-refractivity contribution >= 4 is 29.7 Å². The van der Waals surface area contributed by atoms with Crippen molar-refractivity contribution in [2.45, 2.75) is 121 Å². The number of nitrogens with zero attached hydrogens (tertiary/aromatic N) is 2. The minimum absolute atomic E-state index is 0.0252. The highest BCUT2D eigenvalue weighted by Gasteiger charge is 2.49. The van der Waals surface area contributed by atoms with Crippen LogP contribution in [-0.4, -0.2) is 97.5 Å². The summed E-state index contributed by atoms with van der Waals surface area (Å²) >= 11 is 0. The number of esters is 1. The van der Waals surface area contributed by atoms with Gasteiger partial charge in [-0.15, -0.1) is 0 Å². The number of allylic oxidation sites excluding steroid dienone is 3. The lowest BCUT2D eigenvalue weighted by Gasteiger charge is -2.42. The Hall–Kier alpha value is -4.36. The van der Waals surface area contributed by atoms with Crippen molar-refractivity contribution in [3.8, 4) is 17.2 Å². The SMILES string of the molecule is CCOC(=O)C1=C(C=O)/C(=C2\CCC(=O)[C@@H](c3ccc4c(c3)=CCN=4)C2)c2c(c(CO)c3c(c2OC2CCCCC2)C[C@@H]([C@](C)(O)C2CCN(CCCOC)CC2)O3)O1. The van der Waals surface area contributed by atoms with Crippen LogP contribution in [0.15, 0.2) is 40.1 Å². The number of hydrogen-bond donors (Lipinski definition) is 2. The van der Waals surface area contributed by atoms with Gasteiger partial charge < -0.3 is 38.8 Å². The van der Waals surface area contributed by atoms with Crippen molar-refractivity contribution in [2.75, 3.05) is 46.5 Å². The maximum atomic E-state index is 13.8. The number of ketones is 1. The number of likely N-dealkylation sites (tertiary alicyclic amines) is 1. The Bertz CT molecular complexity index is 2160. The molecule has 0 aromatic heterocycles. The smallest absolute Gasteiger partial charge is 0.375 e. The van der Waals surface area contributed by atoms with Crippen LogP contribution in [0.5, 0.6) is 17.2 Å². The summed E-state index contributed by atoms with van der Waals surface area (Å²) in [4.78, 5) is 47.8. The molecule has 0 spiro atoms. The van der Waals surface area contributed by atoms with Crippen LogP contribution in [0.2, 0.25) is 0 Å². The first-order valence-electron chi connectivity index (χ1n) is 21.7. The van der Waals surface area contributed by atoms with Crippen LogP contribution in [0.1, 0.15) is 113 Å². The van der Waals surface area contributed by atoms with Crippen LogP contribution in [-0.2, 0) is 36.9 Å². The number of fused-ring (bicyclic) bond motifs is 3. The average Bonchev–Trinajstić information content (AvgIpc) is 3.92. The molecule has 0 radical (unpaired) electrons. The third-order valence-electron chi connectivity index (χ3n) is 13.5. The molecule has 12 heteroatoms. The molecular formula is C47H58N2O10. The zero-order chi connectivity index (χ0) is 41.3. The number of aliphatic hydroxyl groups excluding tert-OH is 1. The maximum Gasteiger partial charge on any atom is 0.375 e. The third-order valence-corrected chi connectivity index (χ3v) is 13.5. The lowest BCUT2D eigenvalue weighted by molar-refractivity contribution is -0.141. The first kappa shape index (κ1) is 41.4. The molecular weight excluding hydrogens is 753 g/mol. The van der Waals surface area contributed by atoms with Gasteiger partial charge in [-0.25, -0.2) is 4.79 Å². The van der Waals surface area contributed by atoms with E-state index in [1.807, 2.05) is 31.2 Å². The summed E-state index contributed by atoms with van der Waals surface area (Å²) in [7, 11) is 1.72. The van der Waals surface area contributed by atoms with Gasteiger partial charge in [-0.2, -0.15) is 0 Å². The highest BCUT2D eigenvalue weighted by atomic mass is 16.6. The molecule has 3 atom stereocenters. The van der Waals surface area contributed by atoms with Crippen molar-refractivity contribution in [2.24, 2.45) is 10.9 Å². The quantitative estimate of drug-likeness (QED) is 0.163. The Balaban J connectivity index is 1.25. The fraction of sp³-hybridized carbons (Fsp3) is 0.574. The number of carbonyl (C=O) groups is 3. The van der Waals surface area contributed by atoms with Gasteiger partial charge in [-0.3, -0.25) is 14.6 Å². The van der Waals surface area contributed by atoms with E-state index in [2.05, 4.69) is 9.89 Å². The Morgan fingerprint density at radius 2 is 1.88 bits per heavy atom. The van der Waals surface area contributed by atoms with Gasteiger partial charge in [0, 0.05) is 50.2 Å². The Morgan fingerprint density at radius 1 is 1.08 bits per heavy atom. The zero-order valence-electron chi connectivity index (χ0n) is 34.7. The fourth-order valence-electron chi connectivity index (χ4n) is 10.2. The van der Waals surface area contributed by atoms with Gasteiger partial charge in [0.05, 0.1) is 47.9 Å². The second-order valence-electron chi connectivity index (χ2n) is 17.1. The van der Waals surface area contributed by atoms with Gasteiger partial charge in [0.25, 0.3) is 0 Å². The molecule has 3 fully saturated rings. The summed E-state index contributed by atoms with van der Waals surface area (Å²) < 4.78 is 31.1. The van der Waals surface area contributed by atoms with E-state index in [0.717, 1.165) is 92.7 Å². The number of piperidine rings is 1. The van der Waals surface area contributed by atoms with E-state index in [4.69, 9.17) is 23.7 Å². The molecule has 2 saturated carbocycles. The molecule has 59 heavy (non-hydrogen) atoms. The van der Waals surface area contributed by atoms with E-state index in [1.54, 1.807) is 14.0 Å². The standard InChI is InChI=1S/C47H58N2O10/c1-4-56-46(53)45-35(26-50)40(30-12-14-38(52)33(24-30)28-11-13-37-29(23-28)15-18-48-37)41-43(57-32-9-6-5-7-10-32)34-25-39(58-42(34)36(27-51)44(41)59-45)47(2,54)31-16-20-49(21-17-31)19-8-22-55-3/h11,13,15,23,26,31-33,39,51,54H,4-10,12,14,16-22,24-25,27H2,1-3H3/b40-30-/t33-,39+,47-/m1/s1. The Kier molecular flexibility index (Phi) is 12.4. The van der Waals surface area contributed by atoms with Crippen molar-refractivity contribution in [1.82, 2.24) is 4.90 Å². The second kappa shape index (κ2) is 17.7. The molecule has 4 aliphatic heterocycles. The number of aliphatic hydroxyl groups is 2. The molecule has 316 valence electrons. The lowest BCUT2D eigenvalue weighted by Crippen LogP contribution is -2.52. The van der Waals surface area contributed by atoms with Crippen molar-refractivity contribution in [1.29, 1.82) is 0 Å². The van der Waals surface area contributed by atoms with Crippen LogP contribution < -0.4 is 24.8 Å². The molecule has 1 saturated heterocycles. The molecule has 8 rings (SSSR count). The summed E-state index contributed by atoms with van der Waals surface area (Å²) in [5, 5.41) is 25.5. The number of benzene rings is 2. The Morgan fingerprint density at radius 3 is 2.61 bits per heavy atom. The molecule has 2 aromatic carbocycles. The highest BCUT2D eigenvalue weighted by molar-refractivity contribution is 6.11. The predicted octanol–water partition coefficient (Wildman–Crippen LogP) is 4.81. The summed E-state index contributed by atoms with van der Waals surface area (Å²) in [5.74, 6) is -0.493. The molecule has 12 nitrogen and oxygen atoms in total. The summed E-state index contributed by atoms with van der Waals surface area (Å²) in [5.41, 5.74) is 2.45. The number of aldehydes is 1. The summed E-state index contributed by atoms with van der Waals surface area (Å²) in [6.45, 7) is 7.06. The topological polar surface area (TPSA) is 153 Å². The van der Waals surface area contributed by atoms with E-state index in [9.17, 15) is 24.6 Å². The second-order valence-corrected chi connectivity index (χ2v) is 17.1. The molecule has 2 N–H and O–H groups in total. The third kappa shape index (κ3) is 8.01. The van der Waals surface area contributed by atoms with Gasteiger partial charge in [-0.05, 0) is 114 Å². The van der Waals surface area contributed by atoms with Gasteiger partial charge in [0.1, 0.15) is 34.7 Å². The van der Waals surface area contributed by atoms with E-state index >= 15 is 0 Å². The van der Waals surface area contributed by atoms with Crippen LogP contribution >= 0.6 is 0 Å². The monoisotopic (exact) mass is 810 g/mol. The minimum atomic E-state index is -1.23. The molecule has 0 amide bonds. The number of rotatable bonds is 13. The van der Waals surface area contributed by atoms with E-state index < -0.39 is 30.2 Å². The maximum absolute atomic E-state index is 13.8. The predicted molar refractivity (Wildman–Crippen MR) is 220 cm³/mol. The summed E-state index contributed by atoms with van der Waals surface area (Å²) in [6.07, 6.45) is 10.5. The van der Waals surface area contributed by atoms with Gasteiger partial charge >= 0.3 is 5.97 Å². The first-order chi connectivity index (χ1) is 28.7. The normalized spacial score (nSPS) is 24.5. The number of Topliss-reactive ketones (excluding diaryl/α,β-unsaturated/α-hetero) is 1. The molecule has 0 bridgehead atoms. The number of hydrogen-bond acceptors (Lipinski definition) is 12. The number of ether oxygens (including phenoxy) is 5. The van der Waals surface area contributed by atoms with Crippen LogP contribution in [0.4, 0.5) is 0 Å². The van der Waals surface area contributed by atoms with Gasteiger partial charge in [0.15, 0.2) is 6.29 Å². The largest absolute Gasteiger partial charge is 0.489 e. The van der Waals surface area contributed by atoms with Gasteiger partial charge in [-0.1, -0.05) is 24.1 Å². The minimum Gasteiger partial charge on any atom is -0.489 e. The van der Waals surface area contributed by atoms with Crippen LogP contribution in [0.25, 0.3) is 11.6 Å². The molecule has 0 unspecified atom stereocenters. The lowest BCUT2D eigenvalue weighted by atomic mass is 9.75. The molecule has 4 heterocycles. The van der Waals surface area contributed by atoms with E-state index in [1.165, 1.54) is 0 Å². The van der Waals surface area contributed by atoms with Crippen LogP contribution in [0.3, 0.4) is 0 Å². The average molecular weight is 811 g/mol. The number of methoxy groups -OCH3 is 1. The molecule has 6 aliphatic rings. The summed E-state index contributed by atoms with van der Waals surface area (Å²) in [6, 6.07) is 5.94. The molecule has 2 aliphatic carbocycles. The van der Waals surface area contributed by atoms with E-state index in [0.29, 0.717) is 72.5 Å². The van der Waals surface area contributed by atoms with Crippen molar-refractivity contribution in [3.05, 3.63) is 67.9 Å². The van der Waals surface area contributed by atoms with E-state index in [-0.39, 0.29) is 47.9 Å². The van der Waals surface area contributed by atoms with Crippen molar-refractivity contribution in [3.63, 3.8) is 0 Å². The van der Waals surface area contributed by atoms with Crippen LogP contribution in [0, 0.1) is 5.92 Å².